The largest absolute Gasteiger partial charge is 0.478 e. The first-order chi connectivity index (χ1) is 12.6. The van der Waals surface area contributed by atoms with Crippen molar-refractivity contribution in [2.24, 2.45) is 0 Å². The normalized spacial score (nSPS) is 21.4. The van der Waals surface area contributed by atoms with Gasteiger partial charge in [0.15, 0.2) is 0 Å². The molecule has 27 heavy (non-hydrogen) atoms. The van der Waals surface area contributed by atoms with Crippen LogP contribution in [0, 0.1) is 6.92 Å². The van der Waals surface area contributed by atoms with E-state index in [1.807, 2.05) is 6.07 Å². The maximum Gasteiger partial charge on any atom is 0.337 e. The second-order valence-electron chi connectivity index (χ2n) is 9.82. The quantitative estimate of drug-likeness (QED) is 0.781. The lowest BCUT2D eigenvalue weighted by atomic mass is 9.60. The molecule has 0 saturated heterocycles. The predicted molar refractivity (Wildman–Crippen MR) is 108 cm³/mol. The number of fused-ring (bicyclic) bond motifs is 1. The fourth-order valence-corrected chi connectivity index (χ4v) is 4.90. The van der Waals surface area contributed by atoms with Gasteiger partial charge < -0.3 is 5.11 Å². The van der Waals surface area contributed by atoms with E-state index in [1.54, 1.807) is 6.07 Å². The molecule has 1 fully saturated rings. The number of nitrogens with zero attached hydrogens (tertiary/aromatic N) is 1. The summed E-state index contributed by atoms with van der Waals surface area (Å²) in [5, 5.41) is 9.19. The molecule has 1 aromatic heterocycles. The lowest BCUT2D eigenvalue weighted by molar-refractivity contribution is 0.0696. The van der Waals surface area contributed by atoms with E-state index in [-0.39, 0.29) is 21.8 Å². The van der Waals surface area contributed by atoms with Crippen LogP contribution in [0.3, 0.4) is 0 Å². The molecule has 1 saturated carbocycles. The SMILES string of the molecule is Cc1cc2c(c(C3(c4ccc(C(=O)O)cn4)CC3)c1)C(C)(C)CCC2(C)C. The average Bonchev–Trinajstić information content (AvgIpc) is 3.40. The van der Waals surface area contributed by atoms with E-state index in [2.05, 4.69) is 51.7 Å². The van der Waals surface area contributed by atoms with Crippen LogP contribution in [0.5, 0.6) is 0 Å². The van der Waals surface area contributed by atoms with Gasteiger partial charge in [0, 0.05) is 11.6 Å². The zero-order valence-electron chi connectivity index (χ0n) is 17.0. The zero-order valence-corrected chi connectivity index (χ0v) is 17.0. The smallest absolute Gasteiger partial charge is 0.337 e. The predicted octanol–water partition coefficient (Wildman–Crippen LogP) is 5.52. The van der Waals surface area contributed by atoms with Crippen molar-refractivity contribution in [2.45, 2.75) is 76.5 Å². The highest BCUT2D eigenvalue weighted by Gasteiger charge is 2.51. The van der Waals surface area contributed by atoms with Crippen LogP contribution in [0.25, 0.3) is 0 Å². The number of carbonyl (C=O) groups is 1. The summed E-state index contributed by atoms with van der Waals surface area (Å²) in [7, 11) is 0. The van der Waals surface area contributed by atoms with Crippen molar-refractivity contribution < 1.29 is 9.90 Å². The van der Waals surface area contributed by atoms with Gasteiger partial charge in [0.05, 0.1) is 11.3 Å². The highest BCUT2D eigenvalue weighted by atomic mass is 16.4. The first-order valence-electron chi connectivity index (χ1n) is 9.93. The molecule has 2 aromatic rings. The van der Waals surface area contributed by atoms with Gasteiger partial charge in [-0.25, -0.2) is 4.79 Å². The summed E-state index contributed by atoms with van der Waals surface area (Å²) in [6.45, 7) is 11.7. The Balaban J connectivity index is 1.92. The summed E-state index contributed by atoms with van der Waals surface area (Å²) in [6, 6.07) is 8.37. The Labute approximate surface area is 161 Å². The van der Waals surface area contributed by atoms with Crippen LogP contribution in [-0.2, 0) is 16.2 Å². The van der Waals surface area contributed by atoms with Gasteiger partial charge in [-0.3, -0.25) is 4.98 Å². The molecule has 0 spiro atoms. The first-order valence-corrected chi connectivity index (χ1v) is 9.93. The summed E-state index contributed by atoms with van der Waals surface area (Å²) < 4.78 is 0. The van der Waals surface area contributed by atoms with Gasteiger partial charge in [-0.1, -0.05) is 45.4 Å². The van der Waals surface area contributed by atoms with Crippen LogP contribution < -0.4 is 0 Å². The van der Waals surface area contributed by atoms with Gasteiger partial charge in [-0.15, -0.1) is 0 Å². The number of aromatic carboxylic acids is 1. The average molecular weight is 364 g/mol. The molecule has 2 aliphatic rings. The van der Waals surface area contributed by atoms with Crippen molar-refractivity contribution in [1.29, 1.82) is 0 Å². The monoisotopic (exact) mass is 363 g/mol. The third kappa shape index (κ3) is 2.79. The third-order valence-corrected chi connectivity index (χ3v) is 6.83. The lowest BCUT2D eigenvalue weighted by Gasteiger charge is -2.44. The molecule has 0 aliphatic heterocycles. The molecule has 3 nitrogen and oxygen atoms in total. The minimum Gasteiger partial charge on any atom is -0.478 e. The Morgan fingerprint density at radius 2 is 1.59 bits per heavy atom. The number of benzene rings is 1. The number of hydrogen-bond donors (Lipinski definition) is 1. The van der Waals surface area contributed by atoms with E-state index in [4.69, 9.17) is 0 Å². The molecule has 0 amide bonds. The molecule has 2 aliphatic carbocycles. The maximum atomic E-state index is 11.2. The molecular weight excluding hydrogens is 334 g/mol. The van der Waals surface area contributed by atoms with Crippen LogP contribution >= 0.6 is 0 Å². The van der Waals surface area contributed by atoms with Gasteiger partial charge in [-0.2, -0.15) is 0 Å². The first kappa shape index (κ1) is 18.2. The molecule has 0 radical (unpaired) electrons. The van der Waals surface area contributed by atoms with Crippen LogP contribution in [-0.4, -0.2) is 16.1 Å². The van der Waals surface area contributed by atoms with E-state index < -0.39 is 5.97 Å². The summed E-state index contributed by atoms with van der Waals surface area (Å²) in [6.07, 6.45) is 6.06. The Kier molecular flexibility index (Phi) is 3.82. The van der Waals surface area contributed by atoms with Crippen LogP contribution in [0.2, 0.25) is 0 Å². The van der Waals surface area contributed by atoms with E-state index >= 15 is 0 Å². The maximum absolute atomic E-state index is 11.2. The van der Waals surface area contributed by atoms with Crippen molar-refractivity contribution >= 4 is 5.97 Å². The zero-order chi connectivity index (χ0) is 19.6. The second-order valence-corrected chi connectivity index (χ2v) is 9.82. The van der Waals surface area contributed by atoms with Crippen molar-refractivity contribution in [2.75, 3.05) is 0 Å². The van der Waals surface area contributed by atoms with Gasteiger partial charge in [0.25, 0.3) is 0 Å². The van der Waals surface area contributed by atoms with Gasteiger partial charge >= 0.3 is 5.97 Å². The number of carboxylic acids is 1. The van der Waals surface area contributed by atoms with E-state index in [0.29, 0.717) is 0 Å². The van der Waals surface area contributed by atoms with Gasteiger partial charge in [-0.05, 0) is 72.3 Å². The van der Waals surface area contributed by atoms with Crippen molar-refractivity contribution in [3.63, 3.8) is 0 Å². The minimum absolute atomic E-state index is 0.0577. The molecule has 142 valence electrons. The summed E-state index contributed by atoms with van der Waals surface area (Å²) >= 11 is 0. The van der Waals surface area contributed by atoms with Crippen LogP contribution in [0.4, 0.5) is 0 Å². The Hall–Kier alpha value is -2.16. The molecule has 1 heterocycles. The highest BCUT2D eigenvalue weighted by molar-refractivity contribution is 5.87. The topological polar surface area (TPSA) is 50.2 Å². The fourth-order valence-electron chi connectivity index (χ4n) is 4.90. The van der Waals surface area contributed by atoms with E-state index in [0.717, 1.165) is 18.5 Å². The van der Waals surface area contributed by atoms with E-state index in [1.165, 1.54) is 41.3 Å². The lowest BCUT2D eigenvalue weighted by Crippen LogP contribution is -2.36. The molecule has 1 N–H and O–H groups in total. The molecular formula is C24H29NO2. The van der Waals surface area contributed by atoms with Crippen LogP contribution in [0.15, 0.2) is 30.5 Å². The summed E-state index contributed by atoms with van der Waals surface area (Å²) in [5.74, 6) is -0.922. The number of rotatable bonds is 3. The summed E-state index contributed by atoms with van der Waals surface area (Å²) in [4.78, 5) is 15.8. The molecule has 4 rings (SSSR count). The van der Waals surface area contributed by atoms with Crippen molar-refractivity contribution in [1.82, 2.24) is 4.98 Å². The number of hydrogen-bond acceptors (Lipinski definition) is 2. The molecule has 0 bridgehead atoms. The third-order valence-electron chi connectivity index (χ3n) is 6.83. The van der Waals surface area contributed by atoms with Crippen LogP contribution in [0.1, 0.15) is 91.7 Å². The van der Waals surface area contributed by atoms with E-state index in [9.17, 15) is 9.90 Å². The Morgan fingerprint density at radius 3 is 2.15 bits per heavy atom. The molecule has 3 heteroatoms. The minimum atomic E-state index is -0.922. The molecule has 1 aromatic carbocycles. The van der Waals surface area contributed by atoms with Gasteiger partial charge in [0.1, 0.15) is 0 Å². The Bertz CT molecular complexity index is 918. The van der Waals surface area contributed by atoms with Crippen molar-refractivity contribution in [3.8, 4) is 0 Å². The summed E-state index contributed by atoms with van der Waals surface area (Å²) in [5.41, 5.74) is 7.26. The van der Waals surface area contributed by atoms with Crippen molar-refractivity contribution in [3.05, 3.63) is 64.0 Å². The number of pyridine rings is 1. The number of aryl methyl sites for hydroxylation is 1. The highest BCUT2D eigenvalue weighted by Crippen LogP contribution is 2.58. The molecule has 0 atom stereocenters. The number of aromatic nitrogens is 1. The van der Waals surface area contributed by atoms with Gasteiger partial charge in [0.2, 0.25) is 0 Å². The second kappa shape index (κ2) is 5.67. The fraction of sp³-hybridized carbons (Fsp3) is 0.500. The number of carboxylic acid groups (broad SMARTS) is 1. The molecule has 0 unspecified atom stereocenters. The Morgan fingerprint density at radius 1 is 0.963 bits per heavy atom. The standard InChI is InChI=1S/C24H29NO2/c1-15-12-17-20(23(4,5)9-8-22(17,2)3)18(13-15)24(10-11-24)19-7-6-16(14-25-19)21(26)27/h6-7,12-14H,8-11H2,1-5H3,(H,26,27).